The highest BCUT2D eigenvalue weighted by Crippen LogP contribution is 2.16. The van der Waals surface area contributed by atoms with Crippen LogP contribution in [-0.2, 0) is 4.74 Å². The Kier molecular flexibility index (Phi) is 9.29. The van der Waals surface area contributed by atoms with Crippen molar-refractivity contribution in [1.29, 1.82) is 0 Å². The van der Waals surface area contributed by atoms with E-state index in [1.54, 1.807) is 55.6 Å². The molecular weight excluding hydrogens is 420 g/mol. The fraction of sp³-hybridized carbons (Fsp3) is 0.231. The fourth-order valence-electron chi connectivity index (χ4n) is 2.99. The van der Waals surface area contributed by atoms with Gasteiger partial charge in [0.05, 0.1) is 0 Å². The molecule has 0 saturated heterocycles. The molecule has 3 aromatic rings. The van der Waals surface area contributed by atoms with Crippen LogP contribution >= 0.6 is 0 Å². The van der Waals surface area contributed by atoms with E-state index < -0.39 is 0 Å². The van der Waals surface area contributed by atoms with E-state index in [2.05, 4.69) is 10.6 Å². The van der Waals surface area contributed by atoms with Crippen LogP contribution in [-0.4, -0.2) is 45.3 Å². The van der Waals surface area contributed by atoms with Gasteiger partial charge in [-0.15, -0.1) is 0 Å². The lowest BCUT2D eigenvalue weighted by Gasteiger charge is -2.10. The van der Waals surface area contributed by atoms with Crippen molar-refractivity contribution in [1.82, 2.24) is 5.32 Å². The van der Waals surface area contributed by atoms with Gasteiger partial charge in [-0.05, 0) is 61.0 Å². The van der Waals surface area contributed by atoms with Gasteiger partial charge in [0.15, 0.2) is 0 Å². The lowest BCUT2D eigenvalue weighted by Crippen LogP contribution is -2.25. The van der Waals surface area contributed by atoms with E-state index in [-0.39, 0.29) is 11.8 Å². The summed E-state index contributed by atoms with van der Waals surface area (Å²) < 4.78 is 16.3. The number of para-hydroxylation sites is 1. The number of ether oxygens (including phenoxy) is 3. The van der Waals surface area contributed by atoms with Crippen molar-refractivity contribution in [3.05, 3.63) is 90.0 Å². The monoisotopic (exact) mass is 448 g/mol. The van der Waals surface area contributed by atoms with Crippen molar-refractivity contribution < 1.29 is 23.8 Å². The molecule has 0 unspecified atom stereocenters. The number of hydrogen-bond donors (Lipinski definition) is 2. The third-order valence-electron chi connectivity index (χ3n) is 4.68. The molecule has 0 fully saturated rings. The first kappa shape index (κ1) is 23.8. The number of benzene rings is 3. The molecule has 0 radical (unpaired) electrons. The topological polar surface area (TPSA) is 85.9 Å². The van der Waals surface area contributed by atoms with E-state index in [1.807, 2.05) is 30.3 Å². The number of hydrogen-bond acceptors (Lipinski definition) is 5. The first-order valence-corrected chi connectivity index (χ1v) is 10.7. The normalized spacial score (nSPS) is 10.3. The summed E-state index contributed by atoms with van der Waals surface area (Å²) in [7, 11) is 1.63. The number of carbonyl (C=O) groups is 2. The smallest absolute Gasteiger partial charge is 0.255 e. The standard InChI is InChI=1S/C26H28N2O5/c1-31-16-6-15-27-25(29)20-11-13-22(14-12-20)28-26(30)21-7-5-10-24(19-21)33-18-17-32-23-8-3-2-4-9-23/h2-5,7-14,19H,6,15-18H2,1H3,(H,27,29)(H,28,30). The van der Waals surface area contributed by atoms with E-state index in [1.165, 1.54) is 0 Å². The summed E-state index contributed by atoms with van der Waals surface area (Å²) in [6, 6.07) is 23.2. The van der Waals surface area contributed by atoms with Gasteiger partial charge in [0.25, 0.3) is 11.8 Å². The summed E-state index contributed by atoms with van der Waals surface area (Å²) in [6.07, 6.45) is 0.749. The Morgan fingerprint density at radius 3 is 2.15 bits per heavy atom. The second-order valence-electron chi connectivity index (χ2n) is 7.17. The number of nitrogens with one attached hydrogen (secondary N) is 2. The number of amides is 2. The molecule has 0 aliphatic heterocycles. The Morgan fingerprint density at radius 1 is 0.727 bits per heavy atom. The number of carbonyl (C=O) groups excluding carboxylic acids is 2. The van der Waals surface area contributed by atoms with Crippen LogP contribution < -0.4 is 20.1 Å². The summed E-state index contributed by atoms with van der Waals surface area (Å²) in [5.74, 6) is 0.937. The van der Waals surface area contributed by atoms with Crippen LogP contribution in [0, 0.1) is 0 Å². The third kappa shape index (κ3) is 7.97. The van der Waals surface area contributed by atoms with Crippen LogP contribution in [0.15, 0.2) is 78.9 Å². The number of rotatable bonds is 12. The average Bonchev–Trinajstić information content (AvgIpc) is 2.85. The fourth-order valence-corrected chi connectivity index (χ4v) is 2.99. The second-order valence-corrected chi connectivity index (χ2v) is 7.17. The molecule has 0 aliphatic rings. The molecule has 7 nitrogen and oxygen atoms in total. The summed E-state index contributed by atoms with van der Waals surface area (Å²) in [5.41, 5.74) is 1.59. The van der Waals surface area contributed by atoms with Gasteiger partial charge in [-0.1, -0.05) is 24.3 Å². The summed E-state index contributed by atoms with van der Waals surface area (Å²) in [6.45, 7) is 1.89. The van der Waals surface area contributed by atoms with E-state index in [9.17, 15) is 9.59 Å². The van der Waals surface area contributed by atoms with Crippen LogP contribution in [0.4, 0.5) is 5.69 Å². The van der Waals surface area contributed by atoms with Crippen molar-refractivity contribution in [2.24, 2.45) is 0 Å². The Morgan fingerprint density at radius 2 is 1.42 bits per heavy atom. The zero-order valence-electron chi connectivity index (χ0n) is 18.6. The molecule has 3 rings (SSSR count). The molecule has 3 aromatic carbocycles. The maximum Gasteiger partial charge on any atom is 0.255 e. The molecule has 0 spiro atoms. The third-order valence-corrected chi connectivity index (χ3v) is 4.68. The van der Waals surface area contributed by atoms with Crippen molar-refractivity contribution in [3.63, 3.8) is 0 Å². The molecule has 7 heteroatoms. The molecular formula is C26H28N2O5. The number of methoxy groups -OCH3 is 1. The highest BCUT2D eigenvalue weighted by atomic mass is 16.5. The lowest BCUT2D eigenvalue weighted by atomic mass is 10.1. The van der Waals surface area contributed by atoms with Gasteiger partial charge < -0.3 is 24.8 Å². The Hall–Kier alpha value is -3.84. The van der Waals surface area contributed by atoms with Crippen LogP contribution in [0.5, 0.6) is 11.5 Å². The van der Waals surface area contributed by atoms with Crippen molar-refractivity contribution in [2.75, 3.05) is 38.8 Å². The molecule has 0 atom stereocenters. The van der Waals surface area contributed by atoms with E-state index in [4.69, 9.17) is 14.2 Å². The average molecular weight is 449 g/mol. The van der Waals surface area contributed by atoms with Gasteiger partial charge >= 0.3 is 0 Å². The largest absolute Gasteiger partial charge is 0.490 e. The molecule has 33 heavy (non-hydrogen) atoms. The summed E-state index contributed by atoms with van der Waals surface area (Å²) >= 11 is 0. The van der Waals surface area contributed by atoms with Gasteiger partial charge in [0.2, 0.25) is 0 Å². The molecule has 2 N–H and O–H groups in total. The first-order chi connectivity index (χ1) is 16.2. The summed E-state index contributed by atoms with van der Waals surface area (Å²) in [4.78, 5) is 24.7. The van der Waals surface area contributed by atoms with E-state index in [0.717, 1.165) is 12.2 Å². The van der Waals surface area contributed by atoms with Crippen molar-refractivity contribution >= 4 is 17.5 Å². The Labute approximate surface area is 193 Å². The predicted octanol–water partition coefficient (Wildman–Crippen LogP) is 4.16. The van der Waals surface area contributed by atoms with Gasteiger partial charge in [-0.25, -0.2) is 0 Å². The van der Waals surface area contributed by atoms with Crippen LogP contribution in [0.3, 0.4) is 0 Å². The van der Waals surface area contributed by atoms with E-state index >= 15 is 0 Å². The van der Waals surface area contributed by atoms with Crippen LogP contribution in [0.25, 0.3) is 0 Å². The lowest BCUT2D eigenvalue weighted by molar-refractivity contribution is 0.0948. The quantitative estimate of drug-likeness (QED) is 0.406. The SMILES string of the molecule is COCCCNC(=O)c1ccc(NC(=O)c2cccc(OCCOc3ccccc3)c2)cc1. The van der Waals surface area contributed by atoms with Crippen molar-refractivity contribution in [3.8, 4) is 11.5 Å². The maximum absolute atomic E-state index is 12.6. The second kappa shape index (κ2) is 12.9. The van der Waals surface area contributed by atoms with Gasteiger partial charge in [-0.3, -0.25) is 9.59 Å². The van der Waals surface area contributed by atoms with Gasteiger partial charge in [0, 0.05) is 37.1 Å². The zero-order valence-corrected chi connectivity index (χ0v) is 18.6. The van der Waals surface area contributed by atoms with Crippen LogP contribution in [0.2, 0.25) is 0 Å². The summed E-state index contributed by atoms with van der Waals surface area (Å²) in [5, 5.41) is 5.66. The number of anilines is 1. The Bertz CT molecular complexity index is 1020. The van der Waals surface area contributed by atoms with Gasteiger partial charge in [-0.2, -0.15) is 0 Å². The molecule has 172 valence electrons. The van der Waals surface area contributed by atoms with Crippen LogP contribution in [0.1, 0.15) is 27.1 Å². The minimum absolute atomic E-state index is 0.162. The van der Waals surface area contributed by atoms with Gasteiger partial charge in [0.1, 0.15) is 24.7 Å². The minimum atomic E-state index is -0.266. The van der Waals surface area contributed by atoms with Crippen molar-refractivity contribution in [2.45, 2.75) is 6.42 Å². The zero-order chi connectivity index (χ0) is 23.3. The minimum Gasteiger partial charge on any atom is -0.490 e. The Balaban J connectivity index is 1.47. The highest BCUT2D eigenvalue weighted by molar-refractivity contribution is 6.04. The highest BCUT2D eigenvalue weighted by Gasteiger charge is 2.09. The molecule has 0 heterocycles. The predicted molar refractivity (Wildman–Crippen MR) is 127 cm³/mol. The molecule has 0 aliphatic carbocycles. The first-order valence-electron chi connectivity index (χ1n) is 10.7. The molecule has 0 saturated carbocycles. The molecule has 0 aromatic heterocycles. The maximum atomic E-state index is 12.6. The molecule has 2 amide bonds. The molecule has 0 bridgehead atoms. The van der Waals surface area contributed by atoms with E-state index in [0.29, 0.717) is 48.9 Å².